The highest BCUT2D eigenvalue weighted by Gasteiger charge is 2.39. The zero-order valence-electron chi connectivity index (χ0n) is 8.20. The number of aromatic nitrogens is 2. The number of hydrogen-bond acceptors (Lipinski definition) is 2. The minimum atomic E-state index is -0.0377. The lowest BCUT2D eigenvalue weighted by Gasteiger charge is -2.07. The summed E-state index contributed by atoms with van der Waals surface area (Å²) >= 11 is 0. The Morgan fingerprint density at radius 2 is 2.21 bits per heavy atom. The van der Waals surface area contributed by atoms with Crippen LogP contribution in [0.25, 0.3) is 10.9 Å². The number of benzene rings is 1. The summed E-state index contributed by atoms with van der Waals surface area (Å²) in [6, 6.07) is 6.31. The molecule has 1 heterocycles. The summed E-state index contributed by atoms with van der Waals surface area (Å²) in [4.78, 5) is 0. The average Bonchev–Trinajstić information content (AvgIpc) is 2.79. The van der Waals surface area contributed by atoms with Crippen LogP contribution in [0.3, 0.4) is 0 Å². The summed E-state index contributed by atoms with van der Waals surface area (Å²) in [5, 5.41) is 5.51. The number of aryl methyl sites for hydroxylation is 1. The van der Waals surface area contributed by atoms with Crippen LogP contribution in [-0.4, -0.2) is 9.78 Å². The van der Waals surface area contributed by atoms with Crippen LogP contribution in [0.2, 0.25) is 0 Å². The highest BCUT2D eigenvalue weighted by molar-refractivity contribution is 5.79. The molecule has 0 unspecified atom stereocenters. The van der Waals surface area contributed by atoms with Crippen molar-refractivity contribution in [3.8, 4) is 0 Å². The number of rotatable bonds is 1. The van der Waals surface area contributed by atoms with E-state index in [-0.39, 0.29) is 5.54 Å². The van der Waals surface area contributed by atoms with E-state index in [0.29, 0.717) is 0 Å². The lowest BCUT2D eigenvalue weighted by Crippen LogP contribution is -2.18. The van der Waals surface area contributed by atoms with Crippen molar-refractivity contribution in [1.82, 2.24) is 9.78 Å². The van der Waals surface area contributed by atoms with Gasteiger partial charge in [0.15, 0.2) is 0 Å². The summed E-state index contributed by atoms with van der Waals surface area (Å²) < 4.78 is 1.84. The molecule has 1 aliphatic carbocycles. The van der Waals surface area contributed by atoms with E-state index >= 15 is 0 Å². The molecular weight excluding hydrogens is 174 g/mol. The van der Waals surface area contributed by atoms with Gasteiger partial charge in [0.05, 0.1) is 5.52 Å². The third-order valence-corrected chi connectivity index (χ3v) is 2.98. The quantitative estimate of drug-likeness (QED) is 0.735. The molecule has 1 aromatic heterocycles. The van der Waals surface area contributed by atoms with E-state index in [1.54, 1.807) is 0 Å². The molecule has 1 saturated carbocycles. The van der Waals surface area contributed by atoms with Crippen molar-refractivity contribution in [3.05, 3.63) is 30.0 Å². The predicted molar refractivity (Wildman–Crippen MR) is 55.8 cm³/mol. The van der Waals surface area contributed by atoms with E-state index in [0.717, 1.165) is 18.4 Å². The Balaban J connectivity index is 2.19. The van der Waals surface area contributed by atoms with E-state index in [4.69, 9.17) is 5.73 Å². The lowest BCUT2D eigenvalue weighted by molar-refractivity contribution is 0.741. The summed E-state index contributed by atoms with van der Waals surface area (Å²) in [5.74, 6) is 0. The molecule has 2 aromatic rings. The molecule has 0 saturated heterocycles. The topological polar surface area (TPSA) is 43.8 Å². The standard InChI is InChI=1S/C11H13N3/c1-14-7-8-6-9(11(12)4-5-11)2-3-10(8)13-14/h2-3,6-7H,4-5,12H2,1H3. The molecule has 1 fully saturated rings. The van der Waals surface area contributed by atoms with Crippen molar-refractivity contribution < 1.29 is 0 Å². The van der Waals surface area contributed by atoms with Gasteiger partial charge in [0.2, 0.25) is 0 Å². The van der Waals surface area contributed by atoms with Gasteiger partial charge >= 0.3 is 0 Å². The molecule has 0 bridgehead atoms. The van der Waals surface area contributed by atoms with Crippen molar-refractivity contribution in [2.75, 3.05) is 0 Å². The Kier molecular flexibility index (Phi) is 1.35. The minimum absolute atomic E-state index is 0.0377. The molecule has 72 valence electrons. The molecule has 0 atom stereocenters. The molecule has 0 radical (unpaired) electrons. The zero-order valence-corrected chi connectivity index (χ0v) is 8.20. The number of nitrogens with zero attached hydrogens (tertiary/aromatic N) is 2. The molecule has 14 heavy (non-hydrogen) atoms. The zero-order chi connectivity index (χ0) is 9.76. The van der Waals surface area contributed by atoms with E-state index < -0.39 is 0 Å². The Hall–Kier alpha value is -1.35. The van der Waals surface area contributed by atoms with Crippen LogP contribution in [0, 0.1) is 0 Å². The van der Waals surface area contributed by atoms with Gasteiger partial charge in [-0.1, -0.05) is 6.07 Å². The maximum Gasteiger partial charge on any atom is 0.0923 e. The van der Waals surface area contributed by atoms with Gasteiger partial charge in [-0.2, -0.15) is 5.10 Å². The molecular formula is C11H13N3. The number of nitrogens with two attached hydrogens (primary N) is 1. The first-order valence-corrected chi connectivity index (χ1v) is 4.90. The highest BCUT2D eigenvalue weighted by atomic mass is 15.2. The second-order valence-corrected chi connectivity index (χ2v) is 4.23. The monoisotopic (exact) mass is 187 g/mol. The Bertz CT molecular complexity index is 494. The third-order valence-electron chi connectivity index (χ3n) is 2.98. The van der Waals surface area contributed by atoms with Crippen molar-refractivity contribution in [3.63, 3.8) is 0 Å². The molecule has 3 rings (SSSR count). The number of hydrogen-bond donors (Lipinski definition) is 1. The van der Waals surface area contributed by atoms with Crippen LogP contribution in [0.4, 0.5) is 0 Å². The molecule has 0 amide bonds. The third kappa shape index (κ3) is 1.06. The molecule has 3 nitrogen and oxygen atoms in total. The van der Waals surface area contributed by atoms with Crippen LogP contribution in [0.1, 0.15) is 18.4 Å². The lowest BCUT2D eigenvalue weighted by atomic mass is 10.0. The Morgan fingerprint density at radius 1 is 1.43 bits per heavy atom. The second kappa shape index (κ2) is 2.36. The summed E-state index contributed by atoms with van der Waals surface area (Å²) in [7, 11) is 1.94. The van der Waals surface area contributed by atoms with Crippen molar-refractivity contribution in [2.24, 2.45) is 12.8 Å². The normalized spacial score (nSPS) is 18.7. The summed E-state index contributed by atoms with van der Waals surface area (Å²) in [6.07, 6.45) is 4.25. The Morgan fingerprint density at radius 3 is 2.93 bits per heavy atom. The highest BCUT2D eigenvalue weighted by Crippen LogP contribution is 2.43. The van der Waals surface area contributed by atoms with Gasteiger partial charge in [-0.15, -0.1) is 0 Å². The first-order valence-electron chi connectivity index (χ1n) is 4.90. The van der Waals surface area contributed by atoms with E-state index in [1.807, 2.05) is 17.9 Å². The van der Waals surface area contributed by atoms with E-state index in [1.165, 1.54) is 10.9 Å². The first kappa shape index (κ1) is 8.00. The van der Waals surface area contributed by atoms with E-state index in [9.17, 15) is 0 Å². The van der Waals surface area contributed by atoms with Crippen LogP contribution in [0.5, 0.6) is 0 Å². The fourth-order valence-electron chi connectivity index (χ4n) is 1.88. The Labute approximate surface area is 82.5 Å². The van der Waals surface area contributed by atoms with Gasteiger partial charge < -0.3 is 5.73 Å². The van der Waals surface area contributed by atoms with Crippen molar-refractivity contribution in [1.29, 1.82) is 0 Å². The molecule has 2 N–H and O–H groups in total. The van der Waals surface area contributed by atoms with Crippen molar-refractivity contribution >= 4 is 10.9 Å². The largest absolute Gasteiger partial charge is 0.321 e. The van der Waals surface area contributed by atoms with E-state index in [2.05, 4.69) is 23.3 Å². The average molecular weight is 187 g/mol. The molecule has 0 spiro atoms. The van der Waals surface area contributed by atoms with Gasteiger partial charge in [0.25, 0.3) is 0 Å². The van der Waals surface area contributed by atoms with Crippen LogP contribution in [-0.2, 0) is 12.6 Å². The van der Waals surface area contributed by atoms with Gasteiger partial charge in [-0.05, 0) is 30.5 Å². The number of fused-ring (bicyclic) bond motifs is 1. The van der Waals surface area contributed by atoms with Crippen molar-refractivity contribution in [2.45, 2.75) is 18.4 Å². The fraction of sp³-hybridized carbons (Fsp3) is 0.364. The van der Waals surface area contributed by atoms with Gasteiger partial charge in [-0.25, -0.2) is 0 Å². The smallest absolute Gasteiger partial charge is 0.0923 e. The molecule has 0 aliphatic heterocycles. The molecule has 3 heteroatoms. The SMILES string of the molecule is Cn1cc2cc(C3(N)CC3)ccc2n1. The summed E-state index contributed by atoms with van der Waals surface area (Å²) in [6.45, 7) is 0. The maximum atomic E-state index is 6.14. The molecule has 1 aliphatic rings. The molecule has 1 aromatic carbocycles. The van der Waals surface area contributed by atoms with Gasteiger partial charge in [-0.3, -0.25) is 4.68 Å². The first-order chi connectivity index (χ1) is 6.67. The van der Waals surface area contributed by atoms with Crippen LogP contribution >= 0.6 is 0 Å². The predicted octanol–water partition coefficient (Wildman–Crippen LogP) is 1.52. The fourth-order valence-corrected chi connectivity index (χ4v) is 1.88. The minimum Gasteiger partial charge on any atom is -0.321 e. The van der Waals surface area contributed by atoms with Crippen LogP contribution in [0.15, 0.2) is 24.4 Å². The maximum absolute atomic E-state index is 6.14. The second-order valence-electron chi connectivity index (χ2n) is 4.23. The van der Waals surface area contributed by atoms with Crippen LogP contribution < -0.4 is 5.73 Å². The van der Waals surface area contributed by atoms with Gasteiger partial charge in [0.1, 0.15) is 0 Å². The van der Waals surface area contributed by atoms with Gasteiger partial charge in [0, 0.05) is 24.2 Å². The summed E-state index contributed by atoms with van der Waals surface area (Å²) in [5.41, 5.74) is 8.39.